The van der Waals surface area contributed by atoms with Crippen molar-refractivity contribution in [2.75, 3.05) is 46.6 Å². The molecule has 0 rings (SSSR count). The van der Waals surface area contributed by atoms with E-state index in [2.05, 4.69) is 6.58 Å². The minimum atomic E-state index is -0.440. The maximum absolute atomic E-state index is 11.7. The van der Waals surface area contributed by atoms with Crippen LogP contribution in [0.1, 0.15) is 6.92 Å². The Morgan fingerprint density at radius 2 is 2.06 bits per heavy atom. The van der Waals surface area contributed by atoms with E-state index >= 15 is 0 Å². The van der Waals surface area contributed by atoms with Crippen molar-refractivity contribution in [2.45, 2.75) is 6.92 Å². The van der Waals surface area contributed by atoms with Crippen LogP contribution in [0, 0.1) is 0 Å². The van der Waals surface area contributed by atoms with Crippen molar-refractivity contribution in [3.8, 4) is 0 Å². The first kappa shape index (κ1) is 16.6. The summed E-state index contributed by atoms with van der Waals surface area (Å²) in [6, 6.07) is 0. The van der Waals surface area contributed by atoms with Crippen molar-refractivity contribution in [1.82, 2.24) is 4.90 Å². The molecule has 0 heterocycles. The molecule has 0 aliphatic carbocycles. The Morgan fingerprint density at radius 3 is 2.61 bits per heavy atom. The van der Waals surface area contributed by atoms with Crippen LogP contribution < -0.4 is 0 Å². The molecular formula is C12H21NO5. The predicted molar refractivity (Wildman–Crippen MR) is 66.1 cm³/mol. The van der Waals surface area contributed by atoms with Gasteiger partial charge in [0.25, 0.3) is 0 Å². The van der Waals surface area contributed by atoms with Crippen LogP contribution >= 0.6 is 0 Å². The van der Waals surface area contributed by atoms with Gasteiger partial charge >= 0.3 is 5.97 Å². The molecule has 18 heavy (non-hydrogen) atoms. The van der Waals surface area contributed by atoms with Crippen LogP contribution in [0.2, 0.25) is 0 Å². The predicted octanol–water partition coefficient (Wildman–Crippen LogP) is 0.227. The number of nitrogens with zero attached hydrogens (tertiary/aromatic N) is 1. The second kappa shape index (κ2) is 10.7. The largest absolute Gasteiger partial charge is 0.465 e. The Balaban J connectivity index is 4.09. The van der Waals surface area contributed by atoms with Crippen LogP contribution in [-0.4, -0.2) is 63.4 Å². The van der Waals surface area contributed by atoms with Crippen molar-refractivity contribution in [2.24, 2.45) is 0 Å². The lowest BCUT2D eigenvalue weighted by Crippen LogP contribution is -2.39. The summed E-state index contributed by atoms with van der Waals surface area (Å²) in [4.78, 5) is 24.4. The summed E-state index contributed by atoms with van der Waals surface area (Å²) in [5, 5.41) is 0. The van der Waals surface area contributed by atoms with Crippen molar-refractivity contribution in [3.05, 3.63) is 12.7 Å². The first-order valence-corrected chi connectivity index (χ1v) is 5.76. The summed E-state index contributed by atoms with van der Waals surface area (Å²) in [6.45, 7) is 6.41. The number of carbonyl (C=O) groups excluding carboxylic acids is 2. The van der Waals surface area contributed by atoms with Crippen LogP contribution in [0.25, 0.3) is 0 Å². The molecule has 0 bridgehead atoms. The quantitative estimate of drug-likeness (QED) is 0.319. The van der Waals surface area contributed by atoms with E-state index < -0.39 is 5.97 Å². The summed E-state index contributed by atoms with van der Waals surface area (Å²) < 4.78 is 14.7. The van der Waals surface area contributed by atoms with Crippen LogP contribution in [0.3, 0.4) is 0 Å². The van der Waals surface area contributed by atoms with Crippen molar-refractivity contribution < 1.29 is 23.8 Å². The third kappa shape index (κ3) is 7.81. The lowest BCUT2D eigenvalue weighted by atomic mass is 10.4. The number of carbonyl (C=O) groups is 2. The fourth-order valence-corrected chi connectivity index (χ4v) is 1.17. The number of esters is 1. The van der Waals surface area contributed by atoms with E-state index in [1.807, 2.05) is 0 Å². The number of hydrogen-bond donors (Lipinski definition) is 0. The minimum absolute atomic E-state index is 0.0867. The number of hydrogen-bond acceptors (Lipinski definition) is 5. The first-order valence-electron chi connectivity index (χ1n) is 5.76. The molecule has 0 radical (unpaired) electrons. The SMILES string of the molecule is C=CCN(CC(=O)OCC)C(=O)COCCOC. The Hall–Kier alpha value is -1.40. The molecule has 0 saturated heterocycles. The van der Waals surface area contributed by atoms with E-state index in [1.165, 1.54) is 4.90 Å². The second-order valence-electron chi connectivity index (χ2n) is 3.41. The van der Waals surface area contributed by atoms with E-state index in [9.17, 15) is 9.59 Å². The molecule has 0 aliphatic heterocycles. The van der Waals surface area contributed by atoms with Gasteiger partial charge in [-0.3, -0.25) is 9.59 Å². The number of methoxy groups -OCH3 is 1. The topological polar surface area (TPSA) is 65.1 Å². The van der Waals surface area contributed by atoms with Gasteiger partial charge in [-0.15, -0.1) is 6.58 Å². The molecule has 0 N–H and O–H groups in total. The van der Waals surface area contributed by atoms with E-state index in [0.717, 1.165) is 0 Å². The van der Waals surface area contributed by atoms with Crippen molar-refractivity contribution in [3.63, 3.8) is 0 Å². The zero-order valence-corrected chi connectivity index (χ0v) is 11.0. The van der Waals surface area contributed by atoms with Gasteiger partial charge in [-0.2, -0.15) is 0 Å². The zero-order chi connectivity index (χ0) is 13.8. The van der Waals surface area contributed by atoms with Gasteiger partial charge in [0.15, 0.2) is 0 Å². The molecule has 0 unspecified atom stereocenters. The molecular weight excluding hydrogens is 238 g/mol. The highest BCUT2D eigenvalue weighted by Crippen LogP contribution is 1.94. The molecule has 0 fully saturated rings. The zero-order valence-electron chi connectivity index (χ0n) is 11.0. The van der Waals surface area contributed by atoms with E-state index in [0.29, 0.717) is 19.8 Å². The third-order valence-corrected chi connectivity index (χ3v) is 1.98. The number of ether oxygens (including phenoxy) is 3. The second-order valence-corrected chi connectivity index (χ2v) is 3.41. The molecule has 104 valence electrons. The molecule has 0 atom stereocenters. The summed E-state index contributed by atoms with van der Waals surface area (Å²) >= 11 is 0. The summed E-state index contributed by atoms with van der Waals surface area (Å²) in [5.74, 6) is -0.719. The third-order valence-electron chi connectivity index (χ3n) is 1.98. The first-order chi connectivity index (χ1) is 8.65. The summed E-state index contributed by atoms with van der Waals surface area (Å²) in [5.41, 5.74) is 0. The summed E-state index contributed by atoms with van der Waals surface area (Å²) in [6.07, 6.45) is 1.55. The van der Waals surface area contributed by atoms with Crippen LogP contribution in [0.5, 0.6) is 0 Å². The van der Waals surface area contributed by atoms with E-state index in [4.69, 9.17) is 14.2 Å². The number of amides is 1. The Labute approximate surface area is 107 Å². The van der Waals surface area contributed by atoms with E-state index in [-0.39, 0.29) is 25.6 Å². The van der Waals surface area contributed by atoms with Crippen molar-refractivity contribution in [1.29, 1.82) is 0 Å². The van der Waals surface area contributed by atoms with Crippen LogP contribution in [0.4, 0.5) is 0 Å². The summed E-state index contributed by atoms with van der Waals surface area (Å²) in [7, 11) is 1.55. The lowest BCUT2D eigenvalue weighted by Gasteiger charge is -2.19. The smallest absolute Gasteiger partial charge is 0.325 e. The minimum Gasteiger partial charge on any atom is -0.465 e. The van der Waals surface area contributed by atoms with Gasteiger partial charge in [-0.1, -0.05) is 6.08 Å². The van der Waals surface area contributed by atoms with Gasteiger partial charge in [0.2, 0.25) is 5.91 Å². The Morgan fingerprint density at radius 1 is 1.33 bits per heavy atom. The normalized spacial score (nSPS) is 9.89. The highest BCUT2D eigenvalue weighted by Gasteiger charge is 2.16. The number of rotatable bonds is 10. The molecule has 0 aromatic heterocycles. The Kier molecular flexibility index (Phi) is 9.90. The van der Waals surface area contributed by atoms with Gasteiger partial charge in [0.1, 0.15) is 13.2 Å². The van der Waals surface area contributed by atoms with Crippen LogP contribution in [0.15, 0.2) is 12.7 Å². The van der Waals surface area contributed by atoms with Crippen molar-refractivity contribution >= 4 is 11.9 Å². The van der Waals surface area contributed by atoms with Gasteiger partial charge < -0.3 is 19.1 Å². The Bertz CT molecular complexity index is 267. The molecule has 0 saturated carbocycles. The molecule has 1 amide bonds. The molecule has 6 nitrogen and oxygen atoms in total. The molecule has 0 aliphatic rings. The highest BCUT2D eigenvalue weighted by atomic mass is 16.5. The van der Waals surface area contributed by atoms with Gasteiger partial charge in [0, 0.05) is 13.7 Å². The molecule has 0 aromatic rings. The average Bonchev–Trinajstić information content (AvgIpc) is 2.34. The van der Waals surface area contributed by atoms with Gasteiger partial charge in [0.05, 0.1) is 19.8 Å². The molecule has 0 spiro atoms. The fourth-order valence-electron chi connectivity index (χ4n) is 1.17. The molecule has 6 heteroatoms. The average molecular weight is 259 g/mol. The highest BCUT2D eigenvalue weighted by molar-refractivity contribution is 5.83. The fraction of sp³-hybridized carbons (Fsp3) is 0.667. The standard InChI is InChI=1S/C12H21NO5/c1-4-6-13(9-12(15)18-5-2)11(14)10-17-8-7-16-3/h4H,1,5-10H2,2-3H3. The monoisotopic (exact) mass is 259 g/mol. The van der Waals surface area contributed by atoms with Gasteiger partial charge in [-0.25, -0.2) is 0 Å². The maximum atomic E-state index is 11.7. The van der Waals surface area contributed by atoms with Crippen LogP contribution in [-0.2, 0) is 23.8 Å². The lowest BCUT2D eigenvalue weighted by molar-refractivity contribution is -0.150. The van der Waals surface area contributed by atoms with E-state index in [1.54, 1.807) is 20.1 Å². The maximum Gasteiger partial charge on any atom is 0.325 e. The molecule has 0 aromatic carbocycles. The van der Waals surface area contributed by atoms with Gasteiger partial charge in [-0.05, 0) is 6.92 Å².